The van der Waals surface area contributed by atoms with Gasteiger partial charge in [-0.05, 0) is 37.6 Å². The molecule has 1 unspecified atom stereocenters. The highest BCUT2D eigenvalue weighted by atomic mass is 16.2. The summed E-state index contributed by atoms with van der Waals surface area (Å²) in [5.74, 6) is 0.264. The Morgan fingerprint density at radius 1 is 1.35 bits per heavy atom. The zero-order valence-corrected chi connectivity index (χ0v) is 11.8. The van der Waals surface area contributed by atoms with Crippen LogP contribution < -0.4 is 10.6 Å². The van der Waals surface area contributed by atoms with E-state index >= 15 is 0 Å². The number of rotatable bonds is 5. The Balaban J connectivity index is 1.76. The summed E-state index contributed by atoms with van der Waals surface area (Å²) in [7, 11) is 1.68. The summed E-state index contributed by atoms with van der Waals surface area (Å²) in [6, 6.07) is 9.25. The number of likely N-dealkylation sites (N-methyl/N-ethyl adjacent to an activating group) is 1. The van der Waals surface area contributed by atoms with Crippen molar-refractivity contribution in [1.82, 2.24) is 10.2 Å². The summed E-state index contributed by atoms with van der Waals surface area (Å²) in [5.41, 5.74) is 0.748. The average Bonchev–Trinajstić information content (AvgIpc) is 2.92. The normalized spacial score (nSPS) is 17.8. The second kappa shape index (κ2) is 7.05. The SMILES string of the molecule is CN(CC(=O)Nc1ccccc1)C(=O)CC1CCNC1. The maximum Gasteiger partial charge on any atom is 0.243 e. The maximum absolute atomic E-state index is 12.0. The van der Waals surface area contributed by atoms with Crippen LogP contribution in [0.3, 0.4) is 0 Å². The minimum atomic E-state index is -0.170. The molecule has 108 valence electrons. The number of amides is 2. The minimum absolute atomic E-state index is 0.0295. The largest absolute Gasteiger partial charge is 0.336 e. The van der Waals surface area contributed by atoms with Crippen LogP contribution in [-0.2, 0) is 9.59 Å². The van der Waals surface area contributed by atoms with Gasteiger partial charge in [0.25, 0.3) is 0 Å². The molecule has 2 rings (SSSR count). The molecule has 5 heteroatoms. The van der Waals surface area contributed by atoms with Crippen molar-refractivity contribution < 1.29 is 9.59 Å². The van der Waals surface area contributed by atoms with E-state index in [1.807, 2.05) is 30.3 Å². The van der Waals surface area contributed by atoms with Gasteiger partial charge in [0.2, 0.25) is 11.8 Å². The van der Waals surface area contributed by atoms with Crippen molar-refractivity contribution in [1.29, 1.82) is 0 Å². The molecule has 1 aliphatic heterocycles. The number of nitrogens with zero attached hydrogens (tertiary/aromatic N) is 1. The Morgan fingerprint density at radius 2 is 2.10 bits per heavy atom. The molecule has 0 spiro atoms. The van der Waals surface area contributed by atoms with Crippen molar-refractivity contribution in [3.63, 3.8) is 0 Å². The van der Waals surface area contributed by atoms with E-state index in [4.69, 9.17) is 0 Å². The first-order valence-electron chi connectivity index (χ1n) is 6.94. The Hall–Kier alpha value is -1.88. The van der Waals surface area contributed by atoms with Gasteiger partial charge < -0.3 is 15.5 Å². The molecule has 0 aliphatic carbocycles. The first kappa shape index (κ1) is 14.5. The Kier molecular flexibility index (Phi) is 5.12. The van der Waals surface area contributed by atoms with Crippen molar-refractivity contribution in [2.24, 2.45) is 5.92 Å². The van der Waals surface area contributed by atoms with Crippen LogP contribution in [0.15, 0.2) is 30.3 Å². The quantitative estimate of drug-likeness (QED) is 0.845. The fourth-order valence-electron chi connectivity index (χ4n) is 2.32. The number of hydrogen-bond donors (Lipinski definition) is 2. The topological polar surface area (TPSA) is 61.4 Å². The van der Waals surface area contributed by atoms with Crippen LogP contribution in [0, 0.1) is 5.92 Å². The van der Waals surface area contributed by atoms with Crippen LogP contribution in [0.2, 0.25) is 0 Å². The summed E-state index contributed by atoms with van der Waals surface area (Å²) in [4.78, 5) is 25.3. The van der Waals surface area contributed by atoms with E-state index in [1.165, 1.54) is 4.90 Å². The van der Waals surface area contributed by atoms with E-state index in [-0.39, 0.29) is 18.4 Å². The number of carbonyl (C=O) groups is 2. The van der Waals surface area contributed by atoms with Gasteiger partial charge in [-0.15, -0.1) is 0 Å². The third-order valence-electron chi connectivity index (χ3n) is 3.49. The van der Waals surface area contributed by atoms with E-state index in [0.29, 0.717) is 12.3 Å². The molecule has 0 aromatic heterocycles. The highest BCUT2D eigenvalue weighted by Gasteiger charge is 2.21. The van der Waals surface area contributed by atoms with Gasteiger partial charge in [-0.1, -0.05) is 18.2 Å². The van der Waals surface area contributed by atoms with E-state index in [9.17, 15) is 9.59 Å². The van der Waals surface area contributed by atoms with Gasteiger partial charge in [0.15, 0.2) is 0 Å². The fraction of sp³-hybridized carbons (Fsp3) is 0.467. The van der Waals surface area contributed by atoms with Crippen LogP contribution in [0.4, 0.5) is 5.69 Å². The summed E-state index contributed by atoms with van der Waals surface area (Å²) in [6.07, 6.45) is 1.55. The molecule has 1 aromatic carbocycles. The van der Waals surface area contributed by atoms with Crippen LogP contribution in [0.25, 0.3) is 0 Å². The number of nitrogens with one attached hydrogen (secondary N) is 2. The van der Waals surface area contributed by atoms with Crippen LogP contribution in [0.5, 0.6) is 0 Å². The molecule has 1 fully saturated rings. The number of anilines is 1. The minimum Gasteiger partial charge on any atom is -0.336 e. The molecule has 2 N–H and O–H groups in total. The van der Waals surface area contributed by atoms with E-state index in [1.54, 1.807) is 7.05 Å². The smallest absolute Gasteiger partial charge is 0.243 e. The van der Waals surface area contributed by atoms with Gasteiger partial charge in [0, 0.05) is 19.2 Å². The molecule has 5 nitrogen and oxygen atoms in total. The van der Waals surface area contributed by atoms with Gasteiger partial charge in [-0.25, -0.2) is 0 Å². The second-order valence-electron chi connectivity index (χ2n) is 5.23. The van der Waals surface area contributed by atoms with Crippen LogP contribution in [0.1, 0.15) is 12.8 Å². The standard InChI is InChI=1S/C15H21N3O2/c1-18(15(20)9-12-7-8-16-10-12)11-14(19)17-13-5-3-2-4-6-13/h2-6,12,16H,7-11H2,1H3,(H,17,19). The van der Waals surface area contributed by atoms with Crippen molar-refractivity contribution >= 4 is 17.5 Å². The molecule has 2 amide bonds. The fourth-order valence-corrected chi connectivity index (χ4v) is 2.32. The molecule has 0 saturated carbocycles. The van der Waals surface area contributed by atoms with Crippen molar-refractivity contribution in [3.05, 3.63) is 30.3 Å². The summed E-state index contributed by atoms with van der Waals surface area (Å²) in [6.45, 7) is 1.97. The monoisotopic (exact) mass is 275 g/mol. The van der Waals surface area contributed by atoms with Gasteiger partial charge >= 0.3 is 0 Å². The average molecular weight is 275 g/mol. The van der Waals surface area contributed by atoms with Gasteiger partial charge in [-0.3, -0.25) is 9.59 Å². The van der Waals surface area contributed by atoms with Gasteiger partial charge in [0.05, 0.1) is 6.54 Å². The third-order valence-corrected chi connectivity index (χ3v) is 3.49. The van der Waals surface area contributed by atoms with Gasteiger partial charge in [-0.2, -0.15) is 0 Å². The number of carbonyl (C=O) groups excluding carboxylic acids is 2. The lowest BCUT2D eigenvalue weighted by Crippen LogP contribution is -2.36. The molecular weight excluding hydrogens is 254 g/mol. The molecule has 0 bridgehead atoms. The first-order chi connectivity index (χ1) is 9.65. The highest BCUT2D eigenvalue weighted by Crippen LogP contribution is 2.13. The Bertz CT molecular complexity index is 455. The number of para-hydroxylation sites is 1. The molecule has 1 saturated heterocycles. The highest BCUT2D eigenvalue weighted by molar-refractivity contribution is 5.94. The van der Waals surface area contributed by atoms with Crippen molar-refractivity contribution in [2.75, 3.05) is 32.0 Å². The summed E-state index contributed by atoms with van der Waals surface area (Å²) >= 11 is 0. The summed E-state index contributed by atoms with van der Waals surface area (Å²) in [5, 5.41) is 6.02. The maximum atomic E-state index is 12.0. The molecule has 20 heavy (non-hydrogen) atoms. The second-order valence-corrected chi connectivity index (χ2v) is 5.23. The van der Waals surface area contributed by atoms with E-state index in [0.717, 1.165) is 25.2 Å². The predicted molar refractivity (Wildman–Crippen MR) is 78.3 cm³/mol. The van der Waals surface area contributed by atoms with Crippen molar-refractivity contribution in [2.45, 2.75) is 12.8 Å². The molecule has 1 atom stereocenters. The Morgan fingerprint density at radius 3 is 2.75 bits per heavy atom. The zero-order valence-electron chi connectivity index (χ0n) is 11.8. The lowest BCUT2D eigenvalue weighted by atomic mass is 10.0. The van der Waals surface area contributed by atoms with Crippen LogP contribution >= 0.6 is 0 Å². The zero-order chi connectivity index (χ0) is 14.4. The molecular formula is C15H21N3O2. The van der Waals surface area contributed by atoms with Gasteiger partial charge in [0.1, 0.15) is 0 Å². The lowest BCUT2D eigenvalue weighted by molar-refractivity contribution is -0.134. The summed E-state index contributed by atoms with van der Waals surface area (Å²) < 4.78 is 0. The third kappa shape index (κ3) is 4.35. The predicted octanol–water partition coefficient (Wildman–Crippen LogP) is 1.08. The van der Waals surface area contributed by atoms with E-state index in [2.05, 4.69) is 10.6 Å². The molecule has 1 aromatic rings. The first-order valence-corrected chi connectivity index (χ1v) is 6.94. The number of hydrogen-bond acceptors (Lipinski definition) is 3. The molecule has 0 radical (unpaired) electrons. The Labute approximate surface area is 119 Å². The van der Waals surface area contributed by atoms with Crippen LogP contribution in [-0.4, -0.2) is 43.4 Å². The molecule has 1 aliphatic rings. The van der Waals surface area contributed by atoms with Crippen molar-refractivity contribution in [3.8, 4) is 0 Å². The number of benzene rings is 1. The molecule has 1 heterocycles. The van der Waals surface area contributed by atoms with E-state index < -0.39 is 0 Å². The lowest BCUT2D eigenvalue weighted by Gasteiger charge is -2.18.